The molecule has 0 aliphatic heterocycles. The standard InChI is InChI=1S/C12H12ClN3O4S/c1-8-10(13)3-2-4-11(8)21(19,20)15-9-5-14-16(6-9)7-12(17)18/h2-6,15H,7H2,1H3,(H,17,18). The highest BCUT2D eigenvalue weighted by atomic mass is 35.5. The van der Waals surface area contributed by atoms with Crippen LogP contribution in [0.5, 0.6) is 0 Å². The Labute approximate surface area is 126 Å². The molecule has 2 N–H and O–H groups in total. The topological polar surface area (TPSA) is 101 Å². The molecule has 0 aliphatic rings. The van der Waals surface area contributed by atoms with Gasteiger partial charge in [0.2, 0.25) is 0 Å². The van der Waals surface area contributed by atoms with E-state index < -0.39 is 16.0 Å². The largest absolute Gasteiger partial charge is 0.480 e. The Kier molecular flexibility index (Phi) is 4.19. The summed E-state index contributed by atoms with van der Waals surface area (Å²) in [4.78, 5) is 10.6. The molecule has 0 atom stereocenters. The number of rotatable bonds is 5. The van der Waals surface area contributed by atoms with Crippen LogP contribution in [0, 0.1) is 6.92 Å². The van der Waals surface area contributed by atoms with Gasteiger partial charge >= 0.3 is 5.97 Å². The second kappa shape index (κ2) is 5.74. The zero-order valence-corrected chi connectivity index (χ0v) is 12.5. The van der Waals surface area contributed by atoms with Crippen molar-refractivity contribution in [1.82, 2.24) is 9.78 Å². The summed E-state index contributed by atoms with van der Waals surface area (Å²) in [5, 5.41) is 12.7. The van der Waals surface area contributed by atoms with Crippen molar-refractivity contribution >= 4 is 33.3 Å². The number of anilines is 1. The SMILES string of the molecule is Cc1c(Cl)cccc1S(=O)(=O)Nc1cnn(CC(=O)O)c1. The molecule has 112 valence electrons. The molecule has 0 fully saturated rings. The summed E-state index contributed by atoms with van der Waals surface area (Å²) in [7, 11) is -3.82. The lowest BCUT2D eigenvalue weighted by Gasteiger charge is -2.09. The summed E-state index contributed by atoms with van der Waals surface area (Å²) in [6.45, 7) is 1.25. The third-order valence-electron chi connectivity index (χ3n) is 2.69. The van der Waals surface area contributed by atoms with Crippen molar-refractivity contribution in [3.63, 3.8) is 0 Å². The van der Waals surface area contributed by atoms with Crippen molar-refractivity contribution in [3.05, 3.63) is 41.2 Å². The maximum absolute atomic E-state index is 12.3. The van der Waals surface area contributed by atoms with E-state index in [1.54, 1.807) is 13.0 Å². The minimum atomic E-state index is -3.82. The number of aliphatic carboxylic acids is 1. The van der Waals surface area contributed by atoms with Gasteiger partial charge in [-0.1, -0.05) is 17.7 Å². The number of carbonyl (C=O) groups is 1. The summed E-state index contributed by atoms with van der Waals surface area (Å²) in [5.74, 6) is -1.07. The predicted octanol–water partition coefficient (Wildman–Crippen LogP) is 1.73. The van der Waals surface area contributed by atoms with Crippen LogP contribution in [0.1, 0.15) is 5.56 Å². The van der Waals surface area contributed by atoms with Gasteiger partial charge in [-0.3, -0.25) is 14.2 Å². The van der Waals surface area contributed by atoms with E-state index in [2.05, 4.69) is 9.82 Å². The van der Waals surface area contributed by atoms with E-state index in [0.717, 1.165) is 4.68 Å². The van der Waals surface area contributed by atoms with Crippen LogP contribution in [-0.2, 0) is 21.4 Å². The number of nitrogens with zero attached hydrogens (tertiary/aromatic N) is 2. The van der Waals surface area contributed by atoms with E-state index >= 15 is 0 Å². The number of benzene rings is 1. The molecule has 0 radical (unpaired) electrons. The number of sulfonamides is 1. The Morgan fingerprint density at radius 3 is 2.86 bits per heavy atom. The van der Waals surface area contributed by atoms with E-state index in [4.69, 9.17) is 16.7 Å². The smallest absolute Gasteiger partial charge is 0.325 e. The lowest BCUT2D eigenvalue weighted by Crippen LogP contribution is -2.14. The minimum absolute atomic E-state index is 0.0565. The number of hydrogen-bond donors (Lipinski definition) is 2. The number of aromatic nitrogens is 2. The highest BCUT2D eigenvalue weighted by molar-refractivity contribution is 7.92. The van der Waals surface area contributed by atoms with Gasteiger partial charge in [-0.25, -0.2) is 8.42 Å². The maximum Gasteiger partial charge on any atom is 0.325 e. The molecule has 0 unspecified atom stereocenters. The van der Waals surface area contributed by atoms with Crippen LogP contribution < -0.4 is 4.72 Å². The van der Waals surface area contributed by atoms with Gasteiger partial charge in [0.05, 0.1) is 16.8 Å². The highest BCUT2D eigenvalue weighted by Gasteiger charge is 2.19. The molecule has 0 amide bonds. The lowest BCUT2D eigenvalue weighted by atomic mass is 10.2. The highest BCUT2D eigenvalue weighted by Crippen LogP contribution is 2.24. The maximum atomic E-state index is 12.3. The molecule has 0 saturated heterocycles. The van der Waals surface area contributed by atoms with Gasteiger partial charge in [0, 0.05) is 11.2 Å². The first kappa shape index (κ1) is 15.3. The average molecular weight is 330 g/mol. The summed E-state index contributed by atoms with van der Waals surface area (Å²) >= 11 is 5.91. The van der Waals surface area contributed by atoms with Crippen molar-refractivity contribution in [2.75, 3.05) is 4.72 Å². The number of halogens is 1. The lowest BCUT2D eigenvalue weighted by molar-refractivity contribution is -0.137. The first-order valence-corrected chi connectivity index (χ1v) is 7.68. The Hall–Kier alpha value is -2.06. The molecule has 0 spiro atoms. The van der Waals surface area contributed by atoms with E-state index in [-0.39, 0.29) is 17.1 Å². The first-order chi connectivity index (χ1) is 9.79. The van der Waals surface area contributed by atoms with Gasteiger partial charge in [0.25, 0.3) is 10.0 Å². The minimum Gasteiger partial charge on any atom is -0.480 e. The van der Waals surface area contributed by atoms with Crippen LogP contribution in [0.4, 0.5) is 5.69 Å². The second-order valence-electron chi connectivity index (χ2n) is 4.29. The zero-order chi connectivity index (χ0) is 15.6. The third kappa shape index (κ3) is 3.53. The molecule has 9 heteroatoms. The first-order valence-electron chi connectivity index (χ1n) is 5.82. The molecule has 0 aliphatic carbocycles. The van der Waals surface area contributed by atoms with Gasteiger partial charge in [-0.05, 0) is 24.6 Å². The second-order valence-corrected chi connectivity index (χ2v) is 6.35. The molecule has 1 aromatic carbocycles. The molecule has 0 saturated carbocycles. The van der Waals surface area contributed by atoms with E-state index in [1.165, 1.54) is 24.5 Å². The predicted molar refractivity (Wildman–Crippen MR) is 76.9 cm³/mol. The quantitative estimate of drug-likeness (QED) is 0.869. The summed E-state index contributed by atoms with van der Waals surface area (Å²) < 4.78 is 28.0. The molecule has 1 aromatic heterocycles. The van der Waals surface area contributed by atoms with Crippen LogP contribution in [0.2, 0.25) is 5.02 Å². The van der Waals surface area contributed by atoms with Gasteiger partial charge in [-0.2, -0.15) is 5.10 Å². The van der Waals surface area contributed by atoms with Gasteiger partial charge in [-0.15, -0.1) is 0 Å². The summed E-state index contributed by atoms with van der Waals surface area (Å²) in [6, 6.07) is 4.57. The van der Waals surface area contributed by atoms with Gasteiger partial charge in [0.15, 0.2) is 0 Å². The monoisotopic (exact) mass is 329 g/mol. The summed E-state index contributed by atoms with van der Waals surface area (Å²) in [5.41, 5.74) is 0.611. The number of nitrogens with one attached hydrogen (secondary N) is 1. The third-order valence-corrected chi connectivity index (χ3v) is 4.63. The van der Waals surface area contributed by atoms with E-state index in [0.29, 0.717) is 10.6 Å². The molecular weight excluding hydrogens is 318 g/mol. The Morgan fingerprint density at radius 2 is 2.19 bits per heavy atom. The fourth-order valence-electron chi connectivity index (χ4n) is 1.73. The zero-order valence-electron chi connectivity index (χ0n) is 10.9. The average Bonchev–Trinajstić information content (AvgIpc) is 2.78. The van der Waals surface area contributed by atoms with Gasteiger partial charge < -0.3 is 5.11 Å². The Morgan fingerprint density at radius 1 is 1.48 bits per heavy atom. The van der Waals surface area contributed by atoms with Crippen LogP contribution in [0.3, 0.4) is 0 Å². The van der Waals surface area contributed by atoms with Crippen LogP contribution >= 0.6 is 11.6 Å². The molecule has 7 nitrogen and oxygen atoms in total. The van der Waals surface area contributed by atoms with Crippen molar-refractivity contribution < 1.29 is 18.3 Å². The van der Waals surface area contributed by atoms with Crippen molar-refractivity contribution in [2.24, 2.45) is 0 Å². The number of carboxylic acid groups (broad SMARTS) is 1. The van der Waals surface area contributed by atoms with Crippen LogP contribution in [0.25, 0.3) is 0 Å². The van der Waals surface area contributed by atoms with Crippen molar-refractivity contribution in [2.45, 2.75) is 18.4 Å². The van der Waals surface area contributed by atoms with Crippen molar-refractivity contribution in [1.29, 1.82) is 0 Å². The van der Waals surface area contributed by atoms with Crippen LogP contribution in [0.15, 0.2) is 35.5 Å². The van der Waals surface area contributed by atoms with E-state index in [1.807, 2.05) is 0 Å². The number of hydrogen-bond acceptors (Lipinski definition) is 4. The van der Waals surface area contributed by atoms with Crippen molar-refractivity contribution in [3.8, 4) is 0 Å². The van der Waals surface area contributed by atoms with E-state index in [9.17, 15) is 13.2 Å². The van der Waals surface area contributed by atoms with Crippen LogP contribution in [-0.4, -0.2) is 29.3 Å². The molecule has 2 rings (SSSR count). The summed E-state index contributed by atoms with van der Waals surface area (Å²) in [6.07, 6.45) is 2.53. The fraction of sp³-hybridized carbons (Fsp3) is 0.167. The Bertz CT molecular complexity index is 786. The number of carboxylic acids is 1. The molecule has 21 heavy (non-hydrogen) atoms. The normalized spacial score (nSPS) is 11.3. The molecule has 0 bridgehead atoms. The molecule has 2 aromatic rings. The Balaban J connectivity index is 2.27. The van der Waals surface area contributed by atoms with Gasteiger partial charge in [0.1, 0.15) is 6.54 Å². The fourth-order valence-corrected chi connectivity index (χ4v) is 3.26. The molecule has 1 heterocycles. The molecular formula is C12H12ClN3O4S.